The third-order valence-electron chi connectivity index (χ3n) is 5.45. The maximum Gasteiger partial charge on any atom is 0.263 e. The second kappa shape index (κ2) is 8.84. The third-order valence-corrected chi connectivity index (χ3v) is 5.65. The molecular weight excluding hydrogens is 424 g/mol. The highest BCUT2D eigenvalue weighted by Crippen LogP contribution is 2.28. The molecule has 0 radical (unpaired) electrons. The first-order valence-electron chi connectivity index (χ1n) is 10.2. The first-order valence-corrected chi connectivity index (χ1v) is 10.6. The van der Waals surface area contributed by atoms with Crippen LogP contribution in [0.3, 0.4) is 0 Å². The van der Waals surface area contributed by atoms with Gasteiger partial charge in [-0.1, -0.05) is 18.2 Å². The van der Waals surface area contributed by atoms with Crippen molar-refractivity contribution >= 4 is 51.8 Å². The van der Waals surface area contributed by atoms with Gasteiger partial charge in [-0.2, -0.15) is 0 Å². The van der Waals surface area contributed by atoms with Gasteiger partial charge in [-0.3, -0.25) is 20.2 Å². The molecule has 1 aliphatic rings. The van der Waals surface area contributed by atoms with Gasteiger partial charge >= 0.3 is 0 Å². The third kappa shape index (κ3) is 4.22. The lowest BCUT2D eigenvalue weighted by Crippen LogP contribution is -2.51. The molecule has 3 aromatic rings. The van der Waals surface area contributed by atoms with Crippen molar-refractivity contribution < 1.29 is 14.3 Å². The molecular formula is C24H24N4O3S. The summed E-state index contributed by atoms with van der Waals surface area (Å²) in [5.41, 5.74) is 3.92. The van der Waals surface area contributed by atoms with Crippen LogP contribution in [-0.4, -0.2) is 42.2 Å². The topological polar surface area (TPSA) is 75.6 Å². The Morgan fingerprint density at radius 2 is 1.69 bits per heavy atom. The van der Waals surface area contributed by atoms with Crippen molar-refractivity contribution in [3.63, 3.8) is 0 Å². The van der Waals surface area contributed by atoms with Crippen LogP contribution in [0, 0.1) is 6.92 Å². The van der Waals surface area contributed by atoms with Crippen LogP contribution in [0.1, 0.15) is 11.3 Å². The fourth-order valence-electron chi connectivity index (χ4n) is 3.77. The number of aromatic nitrogens is 1. The summed E-state index contributed by atoms with van der Waals surface area (Å²) in [7, 11) is 4.00. The van der Waals surface area contributed by atoms with E-state index in [-0.39, 0.29) is 10.7 Å². The number of para-hydroxylation sites is 1. The molecule has 7 nitrogen and oxygen atoms in total. The van der Waals surface area contributed by atoms with Gasteiger partial charge in [0.2, 0.25) is 0 Å². The number of anilines is 1. The number of hydrogen-bond donors (Lipinski definition) is 2. The molecule has 0 atom stereocenters. The van der Waals surface area contributed by atoms with Crippen LogP contribution in [0.25, 0.3) is 17.0 Å². The van der Waals surface area contributed by atoms with Crippen LogP contribution in [-0.2, 0) is 16.1 Å². The number of carbonyl (C=O) groups excluding carboxylic acids is 2. The van der Waals surface area contributed by atoms with E-state index in [2.05, 4.69) is 15.2 Å². The summed E-state index contributed by atoms with van der Waals surface area (Å²) >= 11 is 4.88. The maximum atomic E-state index is 12.3. The summed E-state index contributed by atoms with van der Waals surface area (Å²) in [4.78, 5) is 26.7. The minimum absolute atomic E-state index is 0.0204. The summed E-state index contributed by atoms with van der Waals surface area (Å²) in [6, 6.07) is 15.8. The van der Waals surface area contributed by atoms with Gasteiger partial charge in [0.15, 0.2) is 5.11 Å². The van der Waals surface area contributed by atoms with Crippen LogP contribution in [0.4, 0.5) is 5.69 Å². The van der Waals surface area contributed by atoms with Gasteiger partial charge in [-0.15, -0.1) is 0 Å². The molecule has 0 unspecified atom stereocenters. The normalized spacial score (nSPS) is 13.7. The summed E-state index contributed by atoms with van der Waals surface area (Å²) in [6.07, 6.45) is 1.63. The Labute approximate surface area is 191 Å². The van der Waals surface area contributed by atoms with E-state index in [4.69, 9.17) is 17.0 Å². The number of nitrogens with one attached hydrogen (secondary N) is 2. The van der Waals surface area contributed by atoms with Crippen LogP contribution in [0.2, 0.25) is 0 Å². The maximum absolute atomic E-state index is 12.3. The number of hydrogen-bond acceptors (Lipinski definition) is 5. The monoisotopic (exact) mass is 448 g/mol. The minimum Gasteiger partial charge on any atom is -0.492 e. The Balaban J connectivity index is 1.60. The molecule has 164 valence electrons. The van der Waals surface area contributed by atoms with Gasteiger partial charge in [0.05, 0.1) is 6.54 Å². The summed E-state index contributed by atoms with van der Waals surface area (Å²) in [6.45, 7) is 3.07. The number of ether oxygens (including phenoxy) is 1. The van der Waals surface area contributed by atoms with Gasteiger partial charge in [-0.25, -0.2) is 0 Å². The minimum atomic E-state index is -0.500. The molecule has 1 saturated heterocycles. The van der Waals surface area contributed by atoms with E-state index in [1.54, 1.807) is 6.08 Å². The van der Waals surface area contributed by atoms with Crippen molar-refractivity contribution in [3.8, 4) is 5.75 Å². The first kappa shape index (κ1) is 21.6. The molecule has 1 fully saturated rings. The van der Waals surface area contributed by atoms with Crippen LogP contribution in [0.15, 0.2) is 54.1 Å². The SMILES string of the molecule is Cc1c(C=C2C(=O)NC(=S)NC2=O)c2ccccc2n1CCOc1ccc(N(C)C)cc1. The Kier molecular flexibility index (Phi) is 5.96. The Morgan fingerprint density at radius 1 is 1.03 bits per heavy atom. The molecule has 4 rings (SSSR count). The molecule has 1 aromatic heterocycles. The van der Waals surface area contributed by atoms with Gasteiger partial charge in [0, 0.05) is 41.9 Å². The number of rotatable bonds is 6. The second-order valence-electron chi connectivity index (χ2n) is 7.70. The van der Waals surface area contributed by atoms with E-state index >= 15 is 0 Å². The van der Waals surface area contributed by atoms with E-state index < -0.39 is 11.8 Å². The van der Waals surface area contributed by atoms with Gasteiger partial charge < -0.3 is 14.2 Å². The standard InChI is InChI=1S/C24H24N4O3S/c1-15-19(14-20-22(29)25-24(32)26-23(20)30)18-6-4-5-7-21(18)28(15)12-13-31-17-10-8-16(9-11-17)27(2)3/h4-11,14H,12-13H2,1-3H3,(H2,25,26,29,30,32). The van der Waals surface area contributed by atoms with Crippen LogP contribution >= 0.6 is 12.2 Å². The lowest BCUT2D eigenvalue weighted by Gasteiger charge is -2.16. The van der Waals surface area contributed by atoms with E-state index in [0.717, 1.165) is 33.6 Å². The summed E-state index contributed by atoms with van der Waals surface area (Å²) in [5, 5.41) is 5.94. The Bertz CT molecular complexity index is 1220. The molecule has 1 aliphatic heterocycles. The van der Waals surface area contributed by atoms with Crippen molar-refractivity contribution in [1.82, 2.24) is 15.2 Å². The van der Waals surface area contributed by atoms with Crippen LogP contribution in [0.5, 0.6) is 5.75 Å². The predicted molar refractivity (Wildman–Crippen MR) is 130 cm³/mol. The molecule has 32 heavy (non-hydrogen) atoms. The average molecular weight is 449 g/mol. The zero-order chi connectivity index (χ0) is 22.8. The molecule has 0 bridgehead atoms. The lowest BCUT2D eigenvalue weighted by molar-refractivity contribution is -0.123. The van der Waals surface area contributed by atoms with E-state index in [9.17, 15) is 9.59 Å². The highest BCUT2D eigenvalue weighted by molar-refractivity contribution is 7.80. The predicted octanol–water partition coefficient (Wildman–Crippen LogP) is 3.01. The fourth-order valence-corrected chi connectivity index (χ4v) is 3.96. The quantitative estimate of drug-likeness (QED) is 0.345. The van der Waals surface area contributed by atoms with E-state index in [0.29, 0.717) is 13.2 Å². The van der Waals surface area contributed by atoms with Gasteiger partial charge in [0.1, 0.15) is 17.9 Å². The van der Waals surface area contributed by atoms with Crippen molar-refractivity contribution in [2.24, 2.45) is 0 Å². The number of thiocarbonyl (C=S) groups is 1. The number of fused-ring (bicyclic) bond motifs is 1. The number of nitrogens with zero attached hydrogens (tertiary/aromatic N) is 2. The average Bonchev–Trinajstić information content (AvgIpc) is 3.02. The molecule has 2 amide bonds. The fraction of sp³-hybridized carbons (Fsp3) is 0.208. The van der Waals surface area contributed by atoms with Crippen LogP contribution < -0.4 is 20.3 Å². The molecule has 0 spiro atoms. The second-order valence-corrected chi connectivity index (χ2v) is 8.11. The smallest absolute Gasteiger partial charge is 0.263 e. The van der Waals surface area contributed by atoms with Gasteiger partial charge in [-0.05, 0) is 55.5 Å². The van der Waals surface area contributed by atoms with Crippen molar-refractivity contribution in [1.29, 1.82) is 0 Å². The van der Waals surface area contributed by atoms with Crippen molar-refractivity contribution in [2.45, 2.75) is 13.5 Å². The van der Waals surface area contributed by atoms with E-state index in [1.165, 1.54) is 0 Å². The largest absolute Gasteiger partial charge is 0.492 e. The van der Waals surface area contributed by atoms with E-state index in [1.807, 2.05) is 74.4 Å². The van der Waals surface area contributed by atoms with Gasteiger partial charge in [0.25, 0.3) is 11.8 Å². The van der Waals surface area contributed by atoms with Crippen molar-refractivity contribution in [2.75, 3.05) is 25.6 Å². The van der Waals surface area contributed by atoms with Crippen molar-refractivity contribution in [3.05, 3.63) is 65.4 Å². The highest BCUT2D eigenvalue weighted by Gasteiger charge is 2.26. The zero-order valence-electron chi connectivity index (χ0n) is 18.1. The molecule has 0 saturated carbocycles. The first-order chi connectivity index (χ1) is 15.3. The highest BCUT2D eigenvalue weighted by atomic mass is 32.1. The number of amides is 2. The Morgan fingerprint density at radius 3 is 2.34 bits per heavy atom. The molecule has 2 aromatic carbocycles. The number of benzene rings is 2. The lowest BCUT2D eigenvalue weighted by atomic mass is 10.1. The summed E-state index contributed by atoms with van der Waals surface area (Å²) in [5.74, 6) is -0.197. The summed E-state index contributed by atoms with van der Waals surface area (Å²) < 4.78 is 8.09. The molecule has 2 N–H and O–H groups in total. The number of carbonyl (C=O) groups is 2. The zero-order valence-corrected chi connectivity index (χ0v) is 19.0. The molecule has 8 heteroatoms. The molecule has 0 aliphatic carbocycles. The Hall–Kier alpha value is -3.65. The molecule has 2 heterocycles.